The molecule has 0 spiro atoms. The van der Waals surface area contributed by atoms with E-state index in [1.807, 2.05) is 7.05 Å². The van der Waals surface area contributed by atoms with E-state index >= 15 is 0 Å². The number of quaternary nitrogens is 1. The van der Waals surface area contributed by atoms with Gasteiger partial charge in [-0.05, 0) is 24.4 Å². The van der Waals surface area contributed by atoms with E-state index in [-0.39, 0.29) is 6.04 Å². The Morgan fingerprint density at radius 2 is 1.80 bits per heavy atom. The van der Waals surface area contributed by atoms with Crippen molar-refractivity contribution in [3.63, 3.8) is 0 Å². The smallest absolute Gasteiger partial charge is 0.203 e. The molecule has 0 radical (unpaired) electrons. The maximum atomic E-state index is 14.3. The second-order valence-corrected chi connectivity index (χ2v) is 8.66. The number of pyridine rings is 1. The molecule has 1 aliphatic rings. The number of anilines is 3. The summed E-state index contributed by atoms with van der Waals surface area (Å²) in [5.74, 6) is 2.48. The predicted octanol–water partition coefficient (Wildman–Crippen LogP) is 1.71. The van der Waals surface area contributed by atoms with Crippen molar-refractivity contribution in [2.24, 2.45) is 0 Å². The standard InChI is InChI=1S/C23H28FN7O3S/c1-31-8-7-15(14(24)12-31)27-23(35)30-19-6-5-16-22(28-19)29-20(11-25-16)26-13-9-17(32-2)21(34-4)18(10-13)33-3/h5-6,9-11,14-15H,7-8,12H2,1-4H3,(H3,26,27,28,29,30,35)/p+1. The first-order valence-electron chi connectivity index (χ1n) is 11.1. The number of thiocarbonyl (C=S) groups is 1. The summed E-state index contributed by atoms with van der Waals surface area (Å²) in [5, 5.41) is 9.61. The first kappa shape index (κ1) is 24.6. The number of benzene rings is 1. The highest BCUT2D eigenvalue weighted by Crippen LogP contribution is 2.40. The van der Waals surface area contributed by atoms with Crippen LogP contribution in [0.5, 0.6) is 17.2 Å². The predicted molar refractivity (Wildman–Crippen MR) is 136 cm³/mol. The van der Waals surface area contributed by atoms with Crippen LogP contribution in [0.3, 0.4) is 0 Å². The molecule has 186 valence electrons. The third-order valence-corrected chi connectivity index (χ3v) is 5.98. The number of halogens is 1. The lowest BCUT2D eigenvalue weighted by atomic mass is 10.0. The Bertz CT molecular complexity index is 1190. The molecule has 3 unspecified atom stereocenters. The van der Waals surface area contributed by atoms with Gasteiger partial charge in [-0.25, -0.2) is 19.3 Å². The van der Waals surface area contributed by atoms with Crippen molar-refractivity contribution < 1.29 is 23.5 Å². The molecule has 3 atom stereocenters. The molecule has 10 nitrogen and oxygen atoms in total. The van der Waals surface area contributed by atoms with Gasteiger partial charge < -0.3 is 35.1 Å². The molecule has 0 amide bonds. The van der Waals surface area contributed by atoms with Crippen molar-refractivity contribution in [2.75, 3.05) is 52.1 Å². The fourth-order valence-electron chi connectivity index (χ4n) is 3.97. The zero-order valence-electron chi connectivity index (χ0n) is 20.0. The Morgan fingerprint density at radius 3 is 2.46 bits per heavy atom. The fraction of sp³-hybridized carbons (Fsp3) is 0.391. The Hall–Kier alpha value is -3.51. The summed E-state index contributed by atoms with van der Waals surface area (Å²) in [7, 11) is 6.64. The number of aromatic nitrogens is 3. The molecule has 0 bridgehead atoms. The first-order valence-corrected chi connectivity index (χ1v) is 11.5. The number of hydrogen-bond donors (Lipinski definition) is 4. The van der Waals surface area contributed by atoms with Gasteiger partial charge in [0.25, 0.3) is 0 Å². The quantitative estimate of drug-likeness (QED) is 0.357. The molecule has 2 aromatic heterocycles. The molecule has 1 aromatic carbocycles. The van der Waals surface area contributed by atoms with Gasteiger partial charge >= 0.3 is 0 Å². The number of fused-ring (bicyclic) bond motifs is 1. The summed E-state index contributed by atoms with van der Waals surface area (Å²) in [6, 6.07) is 6.77. The van der Waals surface area contributed by atoms with Gasteiger partial charge in [0.15, 0.2) is 34.2 Å². The lowest BCUT2D eigenvalue weighted by Crippen LogP contribution is -3.12. The third-order valence-electron chi connectivity index (χ3n) is 5.76. The van der Waals surface area contributed by atoms with E-state index in [9.17, 15) is 4.39 Å². The molecule has 3 aromatic rings. The molecule has 1 aliphatic heterocycles. The van der Waals surface area contributed by atoms with Crippen LogP contribution in [-0.2, 0) is 0 Å². The summed E-state index contributed by atoms with van der Waals surface area (Å²) in [4.78, 5) is 14.7. The molecular formula is C23H29FN7O3S+. The van der Waals surface area contributed by atoms with E-state index in [4.69, 9.17) is 26.4 Å². The monoisotopic (exact) mass is 502 g/mol. The maximum absolute atomic E-state index is 14.3. The van der Waals surface area contributed by atoms with Gasteiger partial charge in [0.2, 0.25) is 5.75 Å². The van der Waals surface area contributed by atoms with Crippen molar-refractivity contribution in [1.29, 1.82) is 0 Å². The van der Waals surface area contributed by atoms with Crippen LogP contribution in [0.1, 0.15) is 6.42 Å². The minimum Gasteiger partial charge on any atom is -0.493 e. The molecule has 12 heteroatoms. The van der Waals surface area contributed by atoms with Gasteiger partial charge in [0.05, 0.1) is 47.2 Å². The third kappa shape index (κ3) is 5.77. The highest BCUT2D eigenvalue weighted by Gasteiger charge is 2.30. The summed E-state index contributed by atoms with van der Waals surface area (Å²) < 4.78 is 30.5. The molecule has 0 aliphatic carbocycles. The molecule has 0 saturated carbocycles. The van der Waals surface area contributed by atoms with E-state index in [0.717, 1.165) is 6.54 Å². The van der Waals surface area contributed by atoms with E-state index in [1.54, 1.807) is 51.8 Å². The number of methoxy groups -OCH3 is 3. The Labute approximate surface area is 208 Å². The average molecular weight is 503 g/mol. The molecule has 4 N–H and O–H groups in total. The minimum absolute atomic E-state index is 0.312. The summed E-state index contributed by atoms with van der Waals surface area (Å²) >= 11 is 5.38. The topological polar surface area (TPSA) is 107 Å². The van der Waals surface area contributed by atoms with E-state index in [0.29, 0.717) is 63.8 Å². The zero-order valence-corrected chi connectivity index (χ0v) is 20.8. The highest BCUT2D eigenvalue weighted by molar-refractivity contribution is 7.80. The number of hydrogen-bond acceptors (Lipinski definition) is 8. The van der Waals surface area contributed by atoms with Crippen LogP contribution in [0.2, 0.25) is 0 Å². The number of nitrogens with one attached hydrogen (secondary N) is 4. The number of nitrogens with zero attached hydrogens (tertiary/aromatic N) is 3. The molecule has 4 rings (SSSR count). The number of likely N-dealkylation sites (tertiary alicyclic amines) is 1. The summed E-state index contributed by atoms with van der Waals surface area (Å²) in [5.41, 5.74) is 1.71. The zero-order chi connectivity index (χ0) is 24.9. The van der Waals surface area contributed by atoms with Gasteiger partial charge in [-0.1, -0.05) is 0 Å². The van der Waals surface area contributed by atoms with Crippen LogP contribution in [0, 0.1) is 0 Å². The largest absolute Gasteiger partial charge is 0.493 e. The van der Waals surface area contributed by atoms with E-state index in [1.165, 1.54) is 4.90 Å². The van der Waals surface area contributed by atoms with Crippen LogP contribution in [0.15, 0.2) is 30.5 Å². The number of ether oxygens (including phenoxy) is 3. The van der Waals surface area contributed by atoms with Crippen LogP contribution in [0.25, 0.3) is 11.2 Å². The Balaban J connectivity index is 1.49. The van der Waals surface area contributed by atoms with Gasteiger partial charge in [-0.3, -0.25) is 0 Å². The van der Waals surface area contributed by atoms with Crippen LogP contribution >= 0.6 is 12.2 Å². The van der Waals surface area contributed by atoms with Gasteiger partial charge in [0.1, 0.15) is 17.9 Å². The second kappa shape index (κ2) is 10.8. The lowest BCUT2D eigenvalue weighted by Gasteiger charge is -2.31. The highest BCUT2D eigenvalue weighted by atomic mass is 32.1. The number of piperidine rings is 1. The van der Waals surface area contributed by atoms with Gasteiger partial charge in [-0.15, -0.1) is 0 Å². The number of rotatable bonds is 7. The maximum Gasteiger partial charge on any atom is 0.203 e. The Kier molecular flexibility index (Phi) is 7.61. The van der Waals surface area contributed by atoms with E-state index < -0.39 is 6.17 Å². The summed E-state index contributed by atoms with van der Waals surface area (Å²) in [6.45, 7) is 1.36. The molecule has 1 fully saturated rings. The molecule has 1 saturated heterocycles. The van der Waals surface area contributed by atoms with Crippen LogP contribution in [-0.4, -0.2) is 73.7 Å². The lowest BCUT2D eigenvalue weighted by molar-refractivity contribution is -0.887. The van der Waals surface area contributed by atoms with Crippen molar-refractivity contribution in [2.45, 2.75) is 18.6 Å². The molecular weight excluding hydrogens is 473 g/mol. The minimum atomic E-state index is -0.956. The van der Waals surface area contributed by atoms with Crippen molar-refractivity contribution in [1.82, 2.24) is 20.3 Å². The van der Waals surface area contributed by atoms with Crippen LogP contribution < -0.4 is 35.1 Å². The Morgan fingerprint density at radius 1 is 1.09 bits per heavy atom. The fourth-order valence-corrected chi connectivity index (χ4v) is 4.23. The molecule has 3 heterocycles. The molecule has 35 heavy (non-hydrogen) atoms. The average Bonchev–Trinajstić information content (AvgIpc) is 2.84. The van der Waals surface area contributed by atoms with Crippen molar-refractivity contribution in [3.05, 3.63) is 30.5 Å². The van der Waals surface area contributed by atoms with Crippen molar-refractivity contribution >= 4 is 45.8 Å². The van der Waals surface area contributed by atoms with Gasteiger partial charge in [0, 0.05) is 24.2 Å². The normalized spacial score (nSPS) is 19.6. The van der Waals surface area contributed by atoms with Gasteiger partial charge in [-0.2, -0.15) is 0 Å². The summed E-state index contributed by atoms with van der Waals surface area (Å²) in [6.07, 6.45) is 1.36. The first-order chi connectivity index (χ1) is 16.9. The SMILES string of the molecule is COc1cc(Nc2cnc3ccc(NC(=S)NC4CC[NH+](C)CC4F)nc3n2)cc(OC)c1OC. The van der Waals surface area contributed by atoms with Crippen molar-refractivity contribution in [3.8, 4) is 17.2 Å². The second-order valence-electron chi connectivity index (χ2n) is 8.25. The number of alkyl halides is 1. The van der Waals surface area contributed by atoms with Crippen LogP contribution in [0.4, 0.5) is 21.7 Å². The van der Waals surface area contributed by atoms with E-state index in [2.05, 4.69) is 30.9 Å².